The molecular weight excluding hydrogens is 314 g/mol. The van der Waals surface area contributed by atoms with Crippen molar-refractivity contribution in [2.75, 3.05) is 12.4 Å². The first kappa shape index (κ1) is 15.5. The first-order chi connectivity index (χ1) is 11.1. The molecule has 1 fully saturated rings. The van der Waals surface area contributed by atoms with Crippen molar-refractivity contribution in [3.8, 4) is 5.75 Å². The van der Waals surface area contributed by atoms with Crippen LogP contribution in [0.1, 0.15) is 24.1 Å². The molecule has 2 amide bonds. The lowest BCUT2D eigenvalue weighted by molar-refractivity contribution is -0.139. The standard InChI is InChI=1S/C16H17N3O3S/c1-10-7-12(22-2)3-4-13(10)18-16-17-11(9-23-16)8-19-14(20)5-6-15(19)21/h3-4,7,9H,5-6,8H2,1-2H3,(H,17,18). The quantitative estimate of drug-likeness (QED) is 0.853. The second-order valence-electron chi connectivity index (χ2n) is 5.32. The zero-order valence-electron chi connectivity index (χ0n) is 13.0. The highest BCUT2D eigenvalue weighted by Gasteiger charge is 2.29. The van der Waals surface area contributed by atoms with E-state index in [-0.39, 0.29) is 18.4 Å². The van der Waals surface area contributed by atoms with Crippen LogP contribution in [0.5, 0.6) is 5.75 Å². The molecule has 7 heteroatoms. The number of thiazole rings is 1. The summed E-state index contributed by atoms with van der Waals surface area (Å²) in [6.07, 6.45) is 0.609. The Morgan fingerprint density at radius 3 is 2.70 bits per heavy atom. The van der Waals surface area contributed by atoms with Crippen molar-refractivity contribution < 1.29 is 14.3 Å². The molecule has 0 atom stereocenters. The number of anilines is 2. The van der Waals surface area contributed by atoms with Crippen LogP contribution in [0.3, 0.4) is 0 Å². The molecule has 0 saturated carbocycles. The Kier molecular flexibility index (Phi) is 4.29. The van der Waals surface area contributed by atoms with Gasteiger partial charge < -0.3 is 10.1 Å². The Bertz CT molecular complexity index is 741. The number of hydrogen-bond acceptors (Lipinski definition) is 6. The summed E-state index contributed by atoms with van der Waals surface area (Å²) >= 11 is 1.45. The van der Waals surface area contributed by atoms with Gasteiger partial charge in [-0.05, 0) is 30.7 Å². The number of amides is 2. The number of carbonyl (C=O) groups is 2. The fourth-order valence-electron chi connectivity index (χ4n) is 2.42. The Balaban J connectivity index is 1.70. The van der Waals surface area contributed by atoms with Crippen LogP contribution < -0.4 is 10.1 Å². The lowest BCUT2D eigenvalue weighted by Crippen LogP contribution is -2.28. The van der Waals surface area contributed by atoms with Gasteiger partial charge in [0.25, 0.3) is 0 Å². The summed E-state index contributed by atoms with van der Waals surface area (Å²) in [6, 6.07) is 5.76. The van der Waals surface area contributed by atoms with Gasteiger partial charge in [-0.1, -0.05) is 0 Å². The molecule has 2 heterocycles. The van der Waals surface area contributed by atoms with E-state index < -0.39 is 0 Å². The summed E-state index contributed by atoms with van der Waals surface area (Å²) in [5.74, 6) is 0.561. The molecule has 6 nitrogen and oxygen atoms in total. The largest absolute Gasteiger partial charge is 0.497 e. The summed E-state index contributed by atoms with van der Waals surface area (Å²) in [7, 11) is 1.63. The lowest BCUT2D eigenvalue weighted by Gasteiger charge is -2.11. The third kappa shape index (κ3) is 3.34. The number of carbonyl (C=O) groups excluding carboxylic acids is 2. The second-order valence-corrected chi connectivity index (χ2v) is 6.18. The van der Waals surface area contributed by atoms with Crippen LogP contribution in [0.4, 0.5) is 10.8 Å². The molecule has 1 aliphatic rings. The number of nitrogens with zero attached hydrogens (tertiary/aromatic N) is 2. The smallest absolute Gasteiger partial charge is 0.230 e. The first-order valence-electron chi connectivity index (χ1n) is 7.26. The molecule has 1 aromatic carbocycles. The van der Waals surface area contributed by atoms with Crippen LogP contribution in [-0.2, 0) is 16.1 Å². The van der Waals surface area contributed by atoms with Gasteiger partial charge >= 0.3 is 0 Å². The van der Waals surface area contributed by atoms with E-state index in [1.54, 1.807) is 7.11 Å². The fraction of sp³-hybridized carbons (Fsp3) is 0.312. The summed E-state index contributed by atoms with van der Waals surface area (Å²) < 4.78 is 5.19. The van der Waals surface area contributed by atoms with Gasteiger partial charge in [0.05, 0.1) is 19.3 Å². The molecule has 0 spiro atoms. The zero-order chi connectivity index (χ0) is 16.4. The van der Waals surface area contributed by atoms with Gasteiger partial charge in [0.15, 0.2) is 5.13 Å². The van der Waals surface area contributed by atoms with Crippen molar-refractivity contribution in [1.29, 1.82) is 0 Å². The van der Waals surface area contributed by atoms with Gasteiger partial charge in [0.1, 0.15) is 5.75 Å². The number of benzene rings is 1. The summed E-state index contributed by atoms with van der Waals surface area (Å²) in [6.45, 7) is 2.23. The van der Waals surface area contributed by atoms with Crippen LogP contribution in [0.15, 0.2) is 23.6 Å². The maximum Gasteiger partial charge on any atom is 0.230 e. The monoisotopic (exact) mass is 331 g/mol. The van der Waals surface area contributed by atoms with Crippen molar-refractivity contribution in [3.05, 3.63) is 34.8 Å². The van der Waals surface area contributed by atoms with Crippen molar-refractivity contribution in [2.24, 2.45) is 0 Å². The second kappa shape index (κ2) is 6.37. The molecule has 1 N–H and O–H groups in total. The molecule has 0 radical (unpaired) electrons. The normalized spacial score (nSPS) is 14.4. The first-order valence-corrected chi connectivity index (χ1v) is 8.14. The average molecular weight is 331 g/mol. The maximum atomic E-state index is 11.6. The van der Waals surface area contributed by atoms with Crippen LogP contribution in [-0.4, -0.2) is 28.8 Å². The number of hydrogen-bond donors (Lipinski definition) is 1. The van der Waals surface area contributed by atoms with E-state index in [1.165, 1.54) is 16.2 Å². The molecule has 23 heavy (non-hydrogen) atoms. The molecule has 0 bridgehead atoms. The predicted octanol–water partition coefficient (Wildman–Crippen LogP) is 2.85. The van der Waals surface area contributed by atoms with Gasteiger partial charge in [0.2, 0.25) is 11.8 Å². The number of ether oxygens (including phenoxy) is 1. The van der Waals surface area contributed by atoms with Crippen LogP contribution >= 0.6 is 11.3 Å². The van der Waals surface area contributed by atoms with E-state index >= 15 is 0 Å². The van der Waals surface area contributed by atoms with Gasteiger partial charge in [0, 0.05) is 23.9 Å². The summed E-state index contributed by atoms with van der Waals surface area (Å²) in [5, 5.41) is 5.84. The Morgan fingerprint density at radius 1 is 1.30 bits per heavy atom. The molecule has 0 aliphatic carbocycles. The van der Waals surface area contributed by atoms with E-state index in [2.05, 4.69) is 10.3 Å². The van der Waals surface area contributed by atoms with Crippen molar-refractivity contribution in [1.82, 2.24) is 9.88 Å². The number of nitrogens with one attached hydrogen (secondary N) is 1. The minimum absolute atomic E-state index is 0.122. The maximum absolute atomic E-state index is 11.6. The van der Waals surface area contributed by atoms with Gasteiger partial charge in [-0.25, -0.2) is 4.98 Å². The highest BCUT2D eigenvalue weighted by Crippen LogP contribution is 2.27. The van der Waals surface area contributed by atoms with Crippen molar-refractivity contribution in [2.45, 2.75) is 26.3 Å². The van der Waals surface area contributed by atoms with E-state index in [0.717, 1.165) is 22.1 Å². The van der Waals surface area contributed by atoms with Crippen molar-refractivity contribution >= 4 is 34.0 Å². The van der Waals surface area contributed by atoms with E-state index in [9.17, 15) is 9.59 Å². The van der Waals surface area contributed by atoms with E-state index in [1.807, 2.05) is 30.5 Å². The Labute approximate surface area is 138 Å². The summed E-state index contributed by atoms with van der Waals surface area (Å²) in [5.41, 5.74) is 2.71. The van der Waals surface area contributed by atoms with E-state index in [0.29, 0.717) is 18.5 Å². The Hall–Kier alpha value is -2.41. The molecule has 3 rings (SSSR count). The van der Waals surface area contributed by atoms with Crippen LogP contribution in [0.25, 0.3) is 0 Å². The van der Waals surface area contributed by atoms with Crippen LogP contribution in [0.2, 0.25) is 0 Å². The number of aryl methyl sites for hydroxylation is 1. The van der Waals surface area contributed by atoms with Crippen LogP contribution in [0, 0.1) is 6.92 Å². The number of aromatic nitrogens is 1. The van der Waals surface area contributed by atoms with Gasteiger partial charge in [-0.3, -0.25) is 14.5 Å². The third-order valence-corrected chi connectivity index (χ3v) is 4.51. The van der Waals surface area contributed by atoms with Gasteiger partial charge in [-0.2, -0.15) is 0 Å². The fourth-order valence-corrected chi connectivity index (χ4v) is 3.13. The number of imide groups is 1. The Morgan fingerprint density at radius 2 is 2.04 bits per heavy atom. The lowest BCUT2D eigenvalue weighted by atomic mass is 10.2. The molecule has 120 valence electrons. The van der Waals surface area contributed by atoms with Crippen molar-refractivity contribution in [3.63, 3.8) is 0 Å². The number of methoxy groups -OCH3 is 1. The molecule has 2 aromatic rings. The minimum atomic E-state index is -0.122. The summed E-state index contributed by atoms with van der Waals surface area (Å²) in [4.78, 5) is 29.0. The average Bonchev–Trinajstić information content (AvgIpc) is 3.11. The van der Waals surface area contributed by atoms with Gasteiger partial charge in [-0.15, -0.1) is 11.3 Å². The molecular formula is C16H17N3O3S. The number of likely N-dealkylation sites (tertiary alicyclic amines) is 1. The number of rotatable bonds is 5. The predicted molar refractivity (Wildman–Crippen MR) is 87.9 cm³/mol. The zero-order valence-corrected chi connectivity index (χ0v) is 13.8. The highest BCUT2D eigenvalue weighted by molar-refractivity contribution is 7.13. The minimum Gasteiger partial charge on any atom is -0.497 e. The molecule has 1 aliphatic heterocycles. The molecule has 1 saturated heterocycles. The third-order valence-electron chi connectivity index (χ3n) is 3.70. The molecule has 1 aromatic heterocycles. The van der Waals surface area contributed by atoms with E-state index in [4.69, 9.17) is 4.74 Å². The SMILES string of the molecule is COc1ccc(Nc2nc(CN3C(=O)CCC3=O)cs2)c(C)c1. The molecule has 0 unspecified atom stereocenters. The highest BCUT2D eigenvalue weighted by atomic mass is 32.1. The topological polar surface area (TPSA) is 71.5 Å².